The molecule has 0 heterocycles. The maximum atomic E-state index is 11.7. The Bertz CT molecular complexity index is 449. The SMILES string of the molecule is COCCCCNC(=O)Nc1ccccc1CC(=O)O. The third-order valence-corrected chi connectivity index (χ3v) is 2.67. The van der Waals surface area contributed by atoms with Crippen molar-refractivity contribution in [3.63, 3.8) is 0 Å². The number of carboxylic acids is 1. The summed E-state index contributed by atoms with van der Waals surface area (Å²) < 4.78 is 4.91. The molecule has 0 bridgehead atoms. The van der Waals surface area contributed by atoms with Crippen molar-refractivity contribution in [3.05, 3.63) is 29.8 Å². The predicted molar refractivity (Wildman–Crippen MR) is 75.9 cm³/mol. The zero-order valence-corrected chi connectivity index (χ0v) is 11.5. The molecule has 0 aliphatic rings. The summed E-state index contributed by atoms with van der Waals surface area (Å²) in [7, 11) is 1.64. The number of hydrogen-bond acceptors (Lipinski definition) is 3. The number of benzene rings is 1. The Labute approximate surface area is 118 Å². The first-order valence-electron chi connectivity index (χ1n) is 6.47. The van der Waals surface area contributed by atoms with Gasteiger partial charge in [-0.2, -0.15) is 0 Å². The second kappa shape index (κ2) is 8.92. The average molecular weight is 280 g/mol. The molecule has 6 heteroatoms. The number of carboxylic acid groups (broad SMARTS) is 1. The molecule has 1 rings (SSSR count). The number of carbonyl (C=O) groups is 2. The van der Waals surface area contributed by atoms with Gasteiger partial charge in [-0.15, -0.1) is 0 Å². The molecule has 20 heavy (non-hydrogen) atoms. The van der Waals surface area contributed by atoms with Gasteiger partial charge in [-0.1, -0.05) is 18.2 Å². The summed E-state index contributed by atoms with van der Waals surface area (Å²) >= 11 is 0. The Kier molecular flexibility index (Phi) is 7.13. The van der Waals surface area contributed by atoms with E-state index in [0.717, 1.165) is 12.8 Å². The Morgan fingerprint density at radius 2 is 2.00 bits per heavy atom. The van der Waals surface area contributed by atoms with Crippen molar-refractivity contribution >= 4 is 17.7 Å². The predicted octanol–water partition coefficient (Wildman–Crippen LogP) is 1.86. The van der Waals surface area contributed by atoms with E-state index in [9.17, 15) is 9.59 Å². The van der Waals surface area contributed by atoms with E-state index < -0.39 is 5.97 Å². The van der Waals surface area contributed by atoms with Crippen LogP contribution in [0.3, 0.4) is 0 Å². The van der Waals surface area contributed by atoms with E-state index in [4.69, 9.17) is 9.84 Å². The van der Waals surface area contributed by atoms with Crippen LogP contribution in [0.2, 0.25) is 0 Å². The maximum Gasteiger partial charge on any atom is 0.319 e. The fraction of sp³-hybridized carbons (Fsp3) is 0.429. The summed E-state index contributed by atoms with van der Waals surface area (Å²) in [6.07, 6.45) is 1.59. The van der Waals surface area contributed by atoms with Gasteiger partial charge in [-0.3, -0.25) is 4.79 Å². The van der Waals surface area contributed by atoms with Gasteiger partial charge >= 0.3 is 12.0 Å². The molecular weight excluding hydrogens is 260 g/mol. The maximum absolute atomic E-state index is 11.7. The summed E-state index contributed by atoms with van der Waals surface area (Å²) in [5, 5.41) is 14.2. The number of unbranched alkanes of at least 4 members (excludes halogenated alkanes) is 1. The molecule has 3 N–H and O–H groups in total. The van der Waals surface area contributed by atoms with E-state index in [0.29, 0.717) is 24.4 Å². The van der Waals surface area contributed by atoms with Crippen LogP contribution in [0.5, 0.6) is 0 Å². The van der Waals surface area contributed by atoms with Crippen molar-refractivity contribution < 1.29 is 19.4 Å². The van der Waals surface area contributed by atoms with E-state index >= 15 is 0 Å². The highest BCUT2D eigenvalue weighted by atomic mass is 16.5. The number of aliphatic carboxylic acids is 1. The summed E-state index contributed by atoms with van der Waals surface area (Å²) in [4.78, 5) is 22.4. The summed E-state index contributed by atoms with van der Waals surface area (Å²) in [6, 6.07) is 6.52. The third-order valence-electron chi connectivity index (χ3n) is 2.67. The number of carbonyl (C=O) groups excluding carboxylic acids is 1. The average Bonchev–Trinajstić information content (AvgIpc) is 2.40. The van der Waals surface area contributed by atoms with Crippen LogP contribution in [0.15, 0.2) is 24.3 Å². The van der Waals surface area contributed by atoms with Crippen molar-refractivity contribution in [1.29, 1.82) is 0 Å². The molecule has 0 unspecified atom stereocenters. The van der Waals surface area contributed by atoms with E-state index in [1.54, 1.807) is 31.4 Å². The van der Waals surface area contributed by atoms with E-state index in [-0.39, 0.29) is 12.5 Å². The smallest absolute Gasteiger partial charge is 0.319 e. The van der Waals surface area contributed by atoms with Crippen LogP contribution in [-0.2, 0) is 16.0 Å². The number of amides is 2. The Morgan fingerprint density at radius 3 is 2.70 bits per heavy atom. The van der Waals surface area contributed by atoms with Crippen LogP contribution < -0.4 is 10.6 Å². The highest BCUT2D eigenvalue weighted by Crippen LogP contribution is 2.15. The number of methoxy groups -OCH3 is 1. The molecule has 0 aliphatic carbocycles. The van der Waals surface area contributed by atoms with Crippen LogP contribution >= 0.6 is 0 Å². The number of nitrogens with one attached hydrogen (secondary N) is 2. The molecule has 0 saturated carbocycles. The van der Waals surface area contributed by atoms with Crippen molar-refractivity contribution in [2.45, 2.75) is 19.3 Å². The standard InChI is InChI=1S/C14H20N2O4/c1-20-9-5-4-8-15-14(19)16-12-7-3-2-6-11(12)10-13(17)18/h2-3,6-7H,4-5,8-10H2,1H3,(H,17,18)(H2,15,16,19). The van der Waals surface area contributed by atoms with Gasteiger partial charge in [0.15, 0.2) is 0 Å². The lowest BCUT2D eigenvalue weighted by Gasteiger charge is -2.10. The lowest BCUT2D eigenvalue weighted by molar-refractivity contribution is -0.136. The van der Waals surface area contributed by atoms with E-state index in [1.807, 2.05) is 0 Å². The Hall–Kier alpha value is -2.08. The number of ether oxygens (including phenoxy) is 1. The minimum Gasteiger partial charge on any atom is -0.481 e. The number of rotatable bonds is 8. The van der Waals surface area contributed by atoms with Crippen LogP contribution in [-0.4, -0.2) is 37.4 Å². The quantitative estimate of drug-likeness (QED) is 0.634. The van der Waals surface area contributed by atoms with Crippen LogP contribution in [0.1, 0.15) is 18.4 Å². The van der Waals surface area contributed by atoms with Crippen molar-refractivity contribution in [1.82, 2.24) is 5.32 Å². The van der Waals surface area contributed by atoms with Gasteiger partial charge in [-0.05, 0) is 24.5 Å². The second-order valence-corrected chi connectivity index (χ2v) is 4.31. The summed E-state index contributed by atoms with van der Waals surface area (Å²) in [5.41, 5.74) is 1.10. The van der Waals surface area contributed by atoms with Crippen LogP contribution in [0.25, 0.3) is 0 Å². The van der Waals surface area contributed by atoms with Gasteiger partial charge < -0.3 is 20.5 Å². The fourth-order valence-corrected chi connectivity index (χ4v) is 1.70. The van der Waals surface area contributed by atoms with Gasteiger partial charge in [0, 0.05) is 25.9 Å². The first kappa shape index (κ1) is 16.0. The third kappa shape index (κ3) is 6.19. The second-order valence-electron chi connectivity index (χ2n) is 4.31. The molecule has 2 amide bonds. The number of para-hydroxylation sites is 1. The van der Waals surface area contributed by atoms with Crippen molar-refractivity contribution in [2.75, 3.05) is 25.6 Å². The fourth-order valence-electron chi connectivity index (χ4n) is 1.70. The van der Waals surface area contributed by atoms with Crippen LogP contribution in [0.4, 0.5) is 10.5 Å². The zero-order valence-electron chi connectivity index (χ0n) is 11.5. The molecule has 6 nitrogen and oxygen atoms in total. The Balaban J connectivity index is 2.43. The molecule has 0 fully saturated rings. The minimum absolute atomic E-state index is 0.121. The molecule has 1 aromatic carbocycles. The molecule has 1 aromatic rings. The lowest BCUT2D eigenvalue weighted by atomic mass is 10.1. The van der Waals surface area contributed by atoms with Gasteiger partial charge in [0.1, 0.15) is 0 Å². The molecule has 0 atom stereocenters. The Morgan fingerprint density at radius 1 is 1.25 bits per heavy atom. The zero-order chi connectivity index (χ0) is 14.8. The molecule has 0 aromatic heterocycles. The van der Waals surface area contributed by atoms with Gasteiger partial charge in [0.05, 0.1) is 6.42 Å². The largest absolute Gasteiger partial charge is 0.481 e. The highest BCUT2D eigenvalue weighted by molar-refractivity contribution is 5.90. The number of urea groups is 1. The van der Waals surface area contributed by atoms with E-state index in [1.165, 1.54) is 0 Å². The molecule has 110 valence electrons. The number of hydrogen-bond donors (Lipinski definition) is 3. The monoisotopic (exact) mass is 280 g/mol. The van der Waals surface area contributed by atoms with Gasteiger partial charge in [0.25, 0.3) is 0 Å². The van der Waals surface area contributed by atoms with Gasteiger partial charge in [0.2, 0.25) is 0 Å². The summed E-state index contributed by atoms with van der Waals surface area (Å²) in [6.45, 7) is 1.22. The minimum atomic E-state index is -0.931. The van der Waals surface area contributed by atoms with Crippen molar-refractivity contribution in [3.8, 4) is 0 Å². The first-order valence-corrected chi connectivity index (χ1v) is 6.47. The lowest BCUT2D eigenvalue weighted by Crippen LogP contribution is -2.30. The molecular formula is C14H20N2O4. The normalized spacial score (nSPS) is 10.1. The van der Waals surface area contributed by atoms with E-state index in [2.05, 4.69) is 10.6 Å². The highest BCUT2D eigenvalue weighted by Gasteiger charge is 2.08. The molecule has 0 aliphatic heterocycles. The van der Waals surface area contributed by atoms with Crippen LogP contribution in [0, 0.1) is 0 Å². The first-order chi connectivity index (χ1) is 9.63. The molecule has 0 spiro atoms. The van der Waals surface area contributed by atoms with Gasteiger partial charge in [-0.25, -0.2) is 4.79 Å². The summed E-state index contributed by atoms with van der Waals surface area (Å²) in [5.74, 6) is -0.931. The molecule has 0 saturated heterocycles. The van der Waals surface area contributed by atoms with Crippen molar-refractivity contribution in [2.24, 2.45) is 0 Å². The number of anilines is 1. The molecule has 0 radical (unpaired) electrons. The topological polar surface area (TPSA) is 87.7 Å².